The molecule has 0 fully saturated rings. The third kappa shape index (κ3) is 2.07. The van der Waals surface area contributed by atoms with Gasteiger partial charge in [-0.1, -0.05) is 29.4 Å². The normalized spacial score (nSPS) is 10.9. The van der Waals surface area contributed by atoms with Gasteiger partial charge in [0.15, 0.2) is 0 Å². The number of para-hydroxylation sites is 1. The van der Waals surface area contributed by atoms with Gasteiger partial charge in [-0.3, -0.25) is 0 Å². The number of halogens is 1. The number of hydrogen-bond acceptors (Lipinski definition) is 4. The second-order valence-electron chi connectivity index (χ2n) is 3.84. The van der Waals surface area contributed by atoms with Crippen LogP contribution in [0.2, 0.25) is 0 Å². The van der Waals surface area contributed by atoms with Gasteiger partial charge >= 0.3 is 0 Å². The first-order valence-electron chi connectivity index (χ1n) is 5.61. The maximum atomic E-state index is 5.63. The maximum Gasteiger partial charge on any atom is 0.228 e. The summed E-state index contributed by atoms with van der Waals surface area (Å²) in [6.45, 7) is 0. The molecule has 0 aliphatic rings. The van der Waals surface area contributed by atoms with Crippen LogP contribution in [0.5, 0.6) is 0 Å². The van der Waals surface area contributed by atoms with Crippen LogP contribution in [-0.4, -0.2) is 21.0 Å². The predicted octanol–water partition coefficient (Wildman–Crippen LogP) is 3.07. The Hall–Kier alpha value is -1.94. The Labute approximate surface area is 109 Å². The van der Waals surface area contributed by atoms with E-state index in [-0.39, 0.29) is 0 Å². The summed E-state index contributed by atoms with van der Waals surface area (Å²) in [6, 6.07) is 11.8. The third-order valence-corrected chi connectivity index (χ3v) is 2.79. The van der Waals surface area contributed by atoms with Crippen molar-refractivity contribution in [2.45, 2.75) is 6.42 Å². The number of hydrogen-bond donors (Lipinski definition) is 0. The second kappa shape index (κ2) is 4.74. The van der Waals surface area contributed by atoms with Crippen molar-refractivity contribution >= 4 is 22.5 Å². The zero-order chi connectivity index (χ0) is 12.4. The minimum atomic E-state index is 0.465. The van der Waals surface area contributed by atoms with E-state index in [9.17, 15) is 0 Å². The van der Waals surface area contributed by atoms with Crippen LogP contribution in [0.1, 0.15) is 5.89 Å². The molecule has 0 spiro atoms. The van der Waals surface area contributed by atoms with E-state index < -0.39 is 0 Å². The highest BCUT2D eigenvalue weighted by atomic mass is 35.5. The lowest BCUT2D eigenvalue weighted by atomic mass is 10.2. The summed E-state index contributed by atoms with van der Waals surface area (Å²) < 4.78 is 5.09. The highest BCUT2D eigenvalue weighted by molar-refractivity contribution is 6.17. The zero-order valence-corrected chi connectivity index (χ0v) is 10.3. The third-order valence-electron chi connectivity index (χ3n) is 2.60. The number of pyridine rings is 1. The first-order valence-corrected chi connectivity index (χ1v) is 6.15. The average molecular weight is 260 g/mol. The molecule has 0 bridgehead atoms. The fraction of sp³-hybridized carbons (Fsp3) is 0.154. The number of rotatable bonds is 3. The molecule has 90 valence electrons. The van der Waals surface area contributed by atoms with Crippen molar-refractivity contribution in [2.24, 2.45) is 0 Å². The van der Waals surface area contributed by atoms with Crippen LogP contribution < -0.4 is 0 Å². The number of aryl methyl sites for hydroxylation is 1. The van der Waals surface area contributed by atoms with Gasteiger partial charge in [0.2, 0.25) is 11.7 Å². The summed E-state index contributed by atoms with van der Waals surface area (Å²) in [5.74, 6) is 1.50. The standard InChI is InChI=1S/C13H10ClN3O/c14-8-7-12-16-13(17-18-12)11-6-5-9-3-1-2-4-10(9)15-11/h1-6H,7-8H2. The smallest absolute Gasteiger partial charge is 0.228 e. The predicted molar refractivity (Wildman–Crippen MR) is 69.5 cm³/mol. The summed E-state index contributed by atoms with van der Waals surface area (Å²) in [7, 11) is 0. The quantitative estimate of drug-likeness (QED) is 0.679. The Morgan fingerprint density at radius 2 is 1.94 bits per heavy atom. The van der Waals surface area contributed by atoms with Crippen molar-refractivity contribution in [3.05, 3.63) is 42.3 Å². The van der Waals surface area contributed by atoms with Crippen molar-refractivity contribution in [1.29, 1.82) is 0 Å². The largest absolute Gasteiger partial charge is 0.339 e. The maximum absolute atomic E-state index is 5.63. The van der Waals surface area contributed by atoms with Crippen LogP contribution in [0.15, 0.2) is 40.9 Å². The summed E-state index contributed by atoms with van der Waals surface area (Å²) in [5.41, 5.74) is 1.62. The van der Waals surface area contributed by atoms with E-state index in [0.717, 1.165) is 10.9 Å². The summed E-state index contributed by atoms with van der Waals surface area (Å²) in [5, 5.41) is 4.99. The van der Waals surface area contributed by atoms with E-state index in [2.05, 4.69) is 15.1 Å². The van der Waals surface area contributed by atoms with E-state index in [1.54, 1.807) is 0 Å². The van der Waals surface area contributed by atoms with Crippen molar-refractivity contribution in [1.82, 2.24) is 15.1 Å². The molecule has 2 heterocycles. The molecule has 18 heavy (non-hydrogen) atoms. The molecule has 3 aromatic rings. The molecule has 1 aromatic carbocycles. The van der Waals surface area contributed by atoms with Gasteiger partial charge < -0.3 is 4.52 Å². The minimum Gasteiger partial charge on any atom is -0.339 e. The molecule has 0 saturated heterocycles. The number of aromatic nitrogens is 3. The van der Waals surface area contributed by atoms with E-state index >= 15 is 0 Å². The van der Waals surface area contributed by atoms with Gasteiger partial charge in [0, 0.05) is 17.7 Å². The lowest BCUT2D eigenvalue weighted by molar-refractivity contribution is 0.383. The molecule has 0 N–H and O–H groups in total. The van der Waals surface area contributed by atoms with Crippen LogP contribution in [0.4, 0.5) is 0 Å². The van der Waals surface area contributed by atoms with Crippen molar-refractivity contribution in [2.75, 3.05) is 5.88 Å². The molecule has 0 atom stereocenters. The molecular weight excluding hydrogens is 250 g/mol. The summed E-state index contributed by atoms with van der Waals surface area (Å²) >= 11 is 5.63. The lowest BCUT2D eigenvalue weighted by Crippen LogP contribution is -1.88. The lowest BCUT2D eigenvalue weighted by Gasteiger charge is -1.98. The van der Waals surface area contributed by atoms with E-state index in [4.69, 9.17) is 16.1 Å². The fourth-order valence-electron chi connectivity index (χ4n) is 1.73. The van der Waals surface area contributed by atoms with E-state index in [1.807, 2.05) is 36.4 Å². The van der Waals surface area contributed by atoms with Crippen LogP contribution in [0.3, 0.4) is 0 Å². The molecule has 4 nitrogen and oxygen atoms in total. The molecule has 2 aromatic heterocycles. The summed E-state index contributed by atoms with van der Waals surface area (Å²) in [4.78, 5) is 8.75. The van der Waals surface area contributed by atoms with Gasteiger partial charge in [-0.05, 0) is 12.1 Å². The zero-order valence-electron chi connectivity index (χ0n) is 9.51. The molecule has 0 saturated carbocycles. The van der Waals surface area contributed by atoms with Crippen LogP contribution >= 0.6 is 11.6 Å². The molecule has 0 radical (unpaired) electrons. The van der Waals surface area contributed by atoms with Gasteiger partial charge in [0.05, 0.1) is 5.52 Å². The molecular formula is C13H10ClN3O. The molecule has 0 aliphatic heterocycles. The number of nitrogens with zero attached hydrogens (tertiary/aromatic N) is 3. The first-order chi connectivity index (χ1) is 8.86. The Kier molecular flexibility index (Phi) is 2.94. The first kappa shape index (κ1) is 11.2. The van der Waals surface area contributed by atoms with Gasteiger partial charge in [-0.2, -0.15) is 4.98 Å². The van der Waals surface area contributed by atoms with Crippen molar-refractivity contribution in [3.8, 4) is 11.5 Å². The highest BCUT2D eigenvalue weighted by Gasteiger charge is 2.09. The van der Waals surface area contributed by atoms with Crippen LogP contribution in [0, 0.1) is 0 Å². The van der Waals surface area contributed by atoms with Gasteiger partial charge in [0.1, 0.15) is 5.69 Å². The minimum absolute atomic E-state index is 0.465. The monoisotopic (exact) mass is 259 g/mol. The molecule has 5 heteroatoms. The van der Waals surface area contributed by atoms with Gasteiger partial charge in [-0.25, -0.2) is 4.98 Å². The number of alkyl halides is 1. The second-order valence-corrected chi connectivity index (χ2v) is 4.22. The SMILES string of the molecule is ClCCc1nc(-c2ccc3ccccc3n2)no1. The number of fused-ring (bicyclic) bond motifs is 1. The molecule has 0 aliphatic carbocycles. The molecule has 0 amide bonds. The van der Waals surface area contributed by atoms with Crippen molar-refractivity contribution < 1.29 is 4.52 Å². The Morgan fingerprint density at radius 3 is 2.83 bits per heavy atom. The highest BCUT2D eigenvalue weighted by Crippen LogP contribution is 2.18. The fourth-order valence-corrected chi connectivity index (χ4v) is 1.89. The van der Waals surface area contributed by atoms with Gasteiger partial charge in [0.25, 0.3) is 0 Å². The van der Waals surface area contributed by atoms with Crippen molar-refractivity contribution in [3.63, 3.8) is 0 Å². The van der Waals surface area contributed by atoms with Gasteiger partial charge in [-0.15, -0.1) is 11.6 Å². The molecule has 0 unspecified atom stereocenters. The number of benzene rings is 1. The topological polar surface area (TPSA) is 51.8 Å². The Balaban J connectivity index is 2.02. The van der Waals surface area contributed by atoms with E-state index in [0.29, 0.717) is 29.7 Å². The van der Waals surface area contributed by atoms with Crippen LogP contribution in [0.25, 0.3) is 22.4 Å². The van der Waals surface area contributed by atoms with Crippen LogP contribution in [-0.2, 0) is 6.42 Å². The average Bonchev–Trinajstić information content (AvgIpc) is 2.87. The van der Waals surface area contributed by atoms with E-state index in [1.165, 1.54) is 0 Å². The molecule has 3 rings (SSSR count). The summed E-state index contributed by atoms with van der Waals surface area (Å²) in [6.07, 6.45) is 0.572. The Morgan fingerprint density at radius 1 is 1.06 bits per heavy atom. The Bertz CT molecular complexity index is 681.